The molecule has 2 N–H and O–H groups in total. The van der Waals surface area contributed by atoms with Crippen molar-refractivity contribution in [1.29, 1.82) is 0 Å². The van der Waals surface area contributed by atoms with Crippen LogP contribution in [0.2, 0.25) is 0 Å². The molecular formula is C18H26N2O2. The molecule has 22 heavy (non-hydrogen) atoms. The summed E-state index contributed by atoms with van der Waals surface area (Å²) < 4.78 is 0. The number of carbonyl (C=O) groups excluding carboxylic acids is 1. The van der Waals surface area contributed by atoms with E-state index in [1.165, 1.54) is 0 Å². The molecule has 2 rings (SSSR count). The van der Waals surface area contributed by atoms with Gasteiger partial charge in [0.1, 0.15) is 0 Å². The predicted molar refractivity (Wildman–Crippen MR) is 89.9 cm³/mol. The molecule has 1 heterocycles. The molecule has 1 aromatic carbocycles. The summed E-state index contributed by atoms with van der Waals surface area (Å²) in [5.41, 5.74) is 2.13. The van der Waals surface area contributed by atoms with E-state index >= 15 is 0 Å². The minimum absolute atomic E-state index is 0.168. The molecule has 4 nitrogen and oxygen atoms in total. The topological polar surface area (TPSA) is 52.6 Å². The maximum Gasteiger partial charge on any atom is 0.227 e. The Morgan fingerprint density at radius 2 is 2.14 bits per heavy atom. The van der Waals surface area contributed by atoms with E-state index < -0.39 is 0 Å². The number of anilines is 1. The Hall–Kier alpha value is -1.65. The zero-order chi connectivity index (χ0) is 15.9. The van der Waals surface area contributed by atoms with E-state index in [-0.39, 0.29) is 18.1 Å². The molecule has 1 amide bonds. The Morgan fingerprint density at radius 1 is 1.41 bits per heavy atom. The first kappa shape index (κ1) is 16.7. The van der Waals surface area contributed by atoms with E-state index in [9.17, 15) is 9.90 Å². The van der Waals surface area contributed by atoms with Crippen LogP contribution < -0.4 is 10.2 Å². The summed E-state index contributed by atoms with van der Waals surface area (Å²) in [5, 5.41) is 13.2. The van der Waals surface area contributed by atoms with Crippen LogP contribution in [0.15, 0.2) is 36.9 Å². The largest absolute Gasteiger partial charge is 0.392 e. The van der Waals surface area contributed by atoms with Gasteiger partial charge in [-0.3, -0.25) is 4.79 Å². The average molecular weight is 302 g/mol. The zero-order valence-corrected chi connectivity index (χ0v) is 13.3. The van der Waals surface area contributed by atoms with E-state index in [0.717, 1.165) is 37.1 Å². The highest BCUT2D eigenvalue weighted by molar-refractivity contribution is 5.95. The lowest BCUT2D eigenvalue weighted by atomic mass is 10.1. The van der Waals surface area contributed by atoms with Gasteiger partial charge in [-0.2, -0.15) is 0 Å². The van der Waals surface area contributed by atoms with Gasteiger partial charge in [-0.15, -0.1) is 6.58 Å². The Labute approximate surface area is 132 Å². The SMILES string of the molecule is C=CCCC(O)CNC(C)c1ccc(N2CCCC2=O)cc1. The van der Waals surface area contributed by atoms with Crippen molar-refractivity contribution in [2.75, 3.05) is 18.0 Å². The molecule has 1 aliphatic rings. The van der Waals surface area contributed by atoms with E-state index in [1.54, 1.807) is 0 Å². The second-order valence-electron chi connectivity index (χ2n) is 5.89. The number of carbonyl (C=O) groups is 1. The van der Waals surface area contributed by atoms with Crippen molar-refractivity contribution in [3.05, 3.63) is 42.5 Å². The van der Waals surface area contributed by atoms with Crippen LogP contribution in [0.3, 0.4) is 0 Å². The van der Waals surface area contributed by atoms with Crippen molar-refractivity contribution >= 4 is 11.6 Å². The summed E-state index contributed by atoms with van der Waals surface area (Å²) in [6.07, 6.45) is 4.64. The molecule has 0 radical (unpaired) electrons. The van der Waals surface area contributed by atoms with Crippen molar-refractivity contribution in [2.24, 2.45) is 0 Å². The Morgan fingerprint density at radius 3 is 2.73 bits per heavy atom. The maximum atomic E-state index is 11.7. The van der Waals surface area contributed by atoms with Crippen LogP contribution in [0.5, 0.6) is 0 Å². The summed E-state index contributed by atoms with van der Waals surface area (Å²) in [6, 6.07) is 8.28. The molecule has 1 aromatic rings. The molecule has 120 valence electrons. The number of hydrogen-bond donors (Lipinski definition) is 2. The molecule has 0 bridgehead atoms. The molecule has 2 atom stereocenters. The molecule has 1 aliphatic heterocycles. The maximum absolute atomic E-state index is 11.7. The van der Waals surface area contributed by atoms with Crippen molar-refractivity contribution in [3.8, 4) is 0 Å². The van der Waals surface area contributed by atoms with Crippen molar-refractivity contribution in [3.63, 3.8) is 0 Å². The molecule has 0 saturated carbocycles. The summed E-state index contributed by atoms with van der Waals surface area (Å²) >= 11 is 0. The van der Waals surface area contributed by atoms with Gasteiger partial charge in [-0.05, 0) is 43.9 Å². The van der Waals surface area contributed by atoms with Crippen LogP contribution in [-0.4, -0.2) is 30.2 Å². The minimum Gasteiger partial charge on any atom is -0.392 e. The van der Waals surface area contributed by atoms with Gasteiger partial charge >= 0.3 is 0 Å². The minimum atomic E-state index is -0.345. The number of aliphatic hydroxyl groups is 1. The molecular weight excluding hydrogens is 276 g/mol. The standard InChI is InChI=1S/C18H26N2O2/c1-3-4-6-17(21)13-19-14(2)15-8-10-16(11-9-15)20-12-5-7-18(20)22/h3,8-11,14,17,19,21H,1,4-7,12-13H2,2H3. The highest BCUT2D eigenvalue weighted by Crippen LogP contribution is 2.23. The zero-order valence-electron chi connectivity index (χ0n) is 13.3. The van der Waals surface area contributed by atoms with Crippen molar-refractivity contribution in [1.82, 2.24) is 5.32 Å². The number of nitrogens with zero attached hydrogens (tertiary/aromatic N) is 1. The number of amides is 1. The van der Waals surface area contributed by atoms with Crippen molar-refractivity contribution in [2.45, 2.75) is 44.8 Å². The number of nitrogens with one attached hydrogen (secondary N) is 1. The van der Waals surface area contributed by atoms with Crippen LogP contribution in [0.25, 0.3) is 0 Å². The van der Waals surface area contributed by atoms with Gasteiger partial charge in [0, 0.05) is 31.2 Å². The van der Waals surface area contributed by atoms with Crippen LogP contribution in [-0.2, 0) is 4.79 Å². The third-order valence-electron chi connectivity index (χ3n) is 4.14. The summed E-state index contributed by atoms with van der Waals surface area (Å²) in [4.78, 5) is 13.6. The van der Waals surface area contributed by atoms with Gasteiger partial charge in [0.15, 0.2) is 0 Å². The van der Waals surface area contributed by atoms with Gasteiger partial charge in [-0.25, -0.2) is 0 Å². The summed E-state index contributed by atoms with van der Waals surface area (Å²) in [7, 11) is 0. The molecule has 0 aromatic heterocycles. The first-order valence-corrected chi connectivity index (χ1v) is 8.04. The highest BCUT2D eigenvalue weighted by Gasteiger charge is 2.21. The lowest BCUT2D eigenvalue weighted by molar-refractivity contribution is -0.117. The number of allylic oxidation sites excluding steroid dienone is 1. The molecule has 4 heteroatoms. The Balaban J connectivity index is 1.86. The highest BCUT2D eigenvalue weighted by atomic mass is 16.3. The lowest BCUT2D eigenvalue weighted by Crippen LogP contribution is -2.29. The Bertz CT molecular complexity index is 498. The number of rotatable bonds is 8. The van der Waals surface area contributed by atoms with E-state index in [2.05, 4.69) is 31.0 Å². The van der Waals surface area contributed by atoms with E-state index in [4.69, 9.17) is 0 Å². The number of benzene rings is 1. The van der Waals surface area contributed by atoms with Crippen LogP contribution in [0.4, 0.5) is 5.69 Å². The molecule has 0 aliphatic carbocycles. The molecule has 1 saturated heterocycles. The normalized spacial score (nSPS) is 17.5. The quantitative estimate of drug-likeness (QED) is 0.726. The fraction of sp³-hybridized carbons (Fsp3) is 0.500. The van der Waals surface area contributed by atoms with Gasteiger partial charge in [0.25, 0.3) is 0 Å². The number of aliphatic hydroxyl groups excluding tert-OH is 1. The van der Waals surface area contributed by atoms with Gasteiger partial charge in [-0.1, -0.05) is 18.2 Å². The van der Waals surface area contributed by atoms with Gasteiger partial charge in [0.05, 0.1) is 6.10 Å². The predicted octanol–water partition coefficient (Wildman–Crippen LogP) is 2.79. The van der Waals surface area contributed by atoms with Crippen LogP contribution in [0, 0.1) is 0 Å². The number of hydrogen-bond acceptors (Lipinski definition) is 3. The first-order chi connectivity index (χ1) is 10.6. The van der Waals surface area contributed by atoms with Gasteiger partial charge < -0.3 is 15.3 Å². The molecule has 1 fully saturated rings. The second-order valence-corrected chi connectivity index (χ2v) is 5.89. The van der Waals surface area contributed by atoms with Crippen LogP contribution >= 0.6 is 0 Å². The first-order valence-electron chi connectivity index (χ1n) is 8.04. The molecule has 2 unspecified atom stereocenters. The fourth-order valence-electron chi connectivity index (χ4n) is 2.71. The molecule has 0 spiro atoms. The smallest absolute Gasteiger partial charge is 0.227 e. The average Bonchev–Trinajstić information content (AvgIpc) is 2.96. The van der Waals surface area contributed by atoms with Gasteiger partial charge in [0.2, 0.25) is 5.91 Å². The summed E-state index contributed by atoms with van der Waals surface area (Å²) in [6.45, 7) is 7.13. The fourth-order valence-corrected chi connectivity index (χ4v) is 2.71. The van der Waals surface area contributed by atoms with E-state index in [1.807, 2.05) is 23.1 Å². The van der Waals surface area contributed by atoms with Crippen molar-refractivity contribution < 1.29 is 9.90 Å². The van der Waals surface area contributed by atoms with E-state index in [0.29, 0.717) is 13.0 Å². The Kier molecular flexibility index (Phi) is 6.16. The second kappa shape index (κ2) is 8.11. The van der Waals surface area contributed by atoms with Crippen LogP contribution in [0.1, 0.15) is 44.2 Å². The lowest BCUT2D eigenvalue weighted by Gasteiger charge is -2.19. The summed E-state index contributed by atoms with van der Waals surface area (Å²) in [5.74, 6) is 0.212. The third kappa shape index (κ3) is 4.42. The third-order valence-corrected chi connectivity index (χ3v) is 4.14. The monoisotopic (exact) mass is 302 g/mol.